The van der Waals surface area contributed by atoms with E-state index in [1.807, 2.05) is 18.2 Å². The first-order valence-electron chi connectivity index (χ1n) is 6.32. The van der Waals surface area contributed by atoms with E-state index in [-0.39, 0.29) is 5.91 Å². The number of halogens is 1. The van der Waals surface area contributed by atoms with Crippen molar-refractivity contribution < 1.29 is 9.53 Å². The van der Waals surface area contributed by atoms with Crippen LogP contribution in [0.5, 0.6) is 5.75 Å². The second-order valence-electron chi connectivity index (χ2n) is 4.76. The Labute approximate surface area is 123 Å². The van der Waals surface area contributed by atoms with E-state index in [1.54, 1.807) is 7.11 Å². The van der Waals surface area contributed by atoms with Crippen molar-refractivity contribution in [3.8, 4) is 5.75 Å². The molecule has 0 unspecified atom stereocenters. The molecule has 0 bridgehead atoms. The zero-order valence-electron chi connectivity index (χ0n) is 11.6. The summed E-state index contributed by atoms with van der Waals surface area (Å²) in [5.41, 5.74) is 1.02. The Hall–Kier alpha value is -1.07. The van der Waals surface area contributed by atoms with E-state index >= 15 is 0 Å². The van der Waals surface area contributed by atoms with Crippen molar-refractivity contribution in [3.63, 3.8) is 0 Å². The molecule has 5 heteroatoms. The molecule has 0 spiro atoms. The second-order valence-corrected chi connectivity index (χ2v) is 5.67. The molecule has 0 aliphatic carbocycles. The van der Waals surface area contributed by atoms with Crippen LogP contribution in [0.1, 0.15) is 19.4 Å². The van der Waals surface area contributed by atoms with Gasteiger partial charge in [0.05, 0.1) is 13.7 Å². The number of carbonyl (C=O) groups is 1. The minimum absolute atomic E-state index is 0.0164. The summed E-state index contributed by atoms with van der Waals surface area (Å²) < 4.78 is 6.27. The van der Waals surface area contributed by atoms with Gasteiger partial charge in [-0.3, -0.25) is 4.79 Å². The van der Waals surface area contributed by atoms with Crippen LogP contribution in [0.15, 0.2) is 22.7 Å². The Morgan fingerprint density at radius 3 is 2.79 bits per heavy atom. The molecule has 0 heterocycles. The second kappa shape index (κ2) is 8.17. The zero-order valence-corrected chi connectivity index (χ0v) is 13.2. The van der Waals surface area contributed by atoms with Crippen LogP contribution in [0.2, 0.25) is 0 Å². The van der Waals surface area contributed by atoms with E-state index in [4.69, 9.17) is 4.74 Å². The molecule has 0 fully saturated rings. The van der Waals surface area contributed by atoms with Crippen LogP contribution in [-0.2, 0) is 11.3 Å². The van der Waals surface area contributed by atoms with Crippen molar-refractivity contribution in [3.05, 3.63) is 28.2 Å². The number of methoxy groups -OCH3 is 1. The maximum atomic E-state index is 11.5. The number of rotatable bonds is 7. The Morgan fingerprint density at radius 2 is 2.16 bits per heavy atom. The third-order valence-corrected chi connectivity index (χ3v) is 3.04. The third kappa shape index (κ3) is 6.07. The molecule has 0 atom stereocenters. The maximum absolute atomic E-state index is 11.5. The van der Waals surface area contributed by atoms with Crippen LogP contribution >= 0.6 is 15.9 Å². The van der Waals surface area contributed by atoms with Gasteiger partial charge < -0.3 is 15.4 Å². The highest BCUT2D eigenvalue weighted by molar-refractivity contribution is 9.10. The van der Waals surface area contributed by atoms with E-state index < -0.39 is 0 Å². The molecule has 0 saturated heterocycles. The van der Waals surface area contributed by atoms with Gasteiger partial charge in [-0.2, -0.15) is 0 Å². The normalized spacial score (nSPS) is 10.6. The lowest BCUT2D eigenvalue weighted by Crippen LogP contribution is -2.35. The molecule has 19 heavy (non-hydrogen) atoms. The first-order chi connectivity index (χ1) is 9.02. The van der Waals surface area contributed by atoms with Crippen LogP contribution in [-0.4, -0.2) is 26.1 Å². The van der Waals surface area contributed by atoms with Crippen molar-refractivity contribution in [2.75, 3.05) is 20.2 Å². The largest absolute Gasteiger partial charge is 0.496 e. The summed E-state index contributed by atoms with van der Waals surface area (Å²) in [7, 11) is 1.64. The molecule has 1 amide bonds. The Kier molecular flexibility index (Phi) is 6.87. The smallest absolute Gasteiger partial charge is 0.233 e. The van der Waals surface area contributed by atoms with Crippen LogP contribution in [0, 0.1) is 5.92 Å². The SMILES string of the molecule is COc1ccc(Br)cc1CNCC(=O)NCC(C)C. The number of carbonyl (C=O) groups excluding carboxylic acids is 1. The topological polar surface area (TPSA) is 50.4 Å². The number of nitrogens with one attached hydrogen (secondary N) is 2. The lowest BCUT2D eigenvalue weighted by Gasteiger charge is -2.11. The number of benzene rings is 1. The molecule has 0 aliphatic rings. The standard InChI is InChI=1S/C14H21BrN2O2/c1-10(2)7-17-14(18)9-16-8-11-6-12(15)4-5-13(11)19-3/h4-6,10,16H,7-9H2,1-3H3,(H,17,18). The summed E-state index contributed by atoms with van der Waals surface area (Å²) in [6.45, 7) is 5.75. The van der Waals surface area contributed by atoms with Crippen molar-refractivity contribution in [2.24, 2.45) is 5.92 Å². The third-order valence-electron chi connectivity index (χ3n) is 2.55. The van der Waals surface area contributed by atoms with Gasteiger partial charge in [0.25, 0.3) is 0 Å². The van der Waals surface area contributed by atoms with Gasteiger partial charge in [0.2, 0.25) is 5.91 Å². The Balaban J connectivity index is 2.40. The van der Waals surface area contributed by atoms with Gasteiger partial charge in [-0.1, -0.05) is 29.8 Å². The summed E-state index contributed by atoms with van der Waals surface area (Å²) >= 11 is 3.42. The lowest BCUT2D eigenvalue weighted by atomic mass is 10.2. The van der Waals surface area contributed by atoms with Gasteiger partial charge in [-0.05, 0) is 24.1 Å². The Bertz CT molecular complexity index is 422. The minimum Gasteiger partial charge on any atom is -0.496 e. The summed E-state index contributed by atoms with van der Waals surface area (Å²) in [5, 5.41) is 5.98. The van der Waals surface area contributed by atoms with Gasteiger partial charge >= 0.3 is 0 Å². The van der Waals surface area contributed by atoms with Crippen LogP contribution in [0.3, 0.4) is 0 Å². The van der Waals surface area contributed by atoms with Crippen molar-refractivity contribution in [2.45, 2.75) is 20.4 Å². The summed E-state index contributed by atoms with van der Waals surface area (Å²) in [6.07, 6.45) is 0. The van der Waals surface area contributed by atoms with E-state index in [0.717, 1.165) is 15.8 Å². The average molecular weight is 329 g/mol. The highest BCUT2D eigenvalue weighted by Crippen LogP contribution is 2.22. The van der Waals surface area contributed by atoms with Gasteiger partial charge in [0, 0.05) is 23.1 Å². The molecule has 0 aromatic heterocycles. The van der Waals surface area contributed by atoms with E-state index in [0.29, 0.717) is 25.6 Å². The Morgan fingerprint density at radius 1 is 1.42 bits per heavy atom. The van der Waals surface area contributed by atoms with E-state index in [1.165, 1.54) is 0 Å². The first kappa shape index (κ1) is 16.0. The maximum Gasteiger partial charge on any atom is 0.233 e. The van der Waals surface area contributed by atoms with Gasteiger partial charge in [-0.25, -0.2) is 0 Å². The minimum atomic E-state index is 0.0164. The lowest BCUT2D eigenvalue weighted by molar-refractivity contribution is -0.120. The molecule has 106 valence electrons. The summed E-state index contributed by atoms with van der Waals surface area (Å²) in [4.78, 5) is 11.5. The van der Waals surface area contributed by atoms with E-state index in [9.17, 15) is 4.79 Å². The average Bonchev–Trinajstić information content (AvgIpc) is 2.36. The summed E-state index contributed by atoms with van der Waals surface area (Å²) in [6, 6.07) is 5.81. The monoisotopic (exact) mass is 328 g/mol. The predicted molar refractivity (Wildman–Crippen MR) is 80.2 cm³/mol. The fourth-order valence-corrected chi connectivity index (χ4v) is 1.98. The molecule has 1 aromatic rings. The predicted octanol–water partition coefficient (Wildman–Crippen LogP) is 2.32. The van der Waals surface area contributed by atoms with Gasteiger partial charge in [-0.15, -0.1) is 0 Å². The van der Waals surface area contributed by atoms with Crippen LogP contribution in [0.4, 0.5) is 0 Å². The van der Waals surface area contributed by atoms with Crippen molar-refractivity contribution in [1.29, 1.82) is 0 Å². The molecule has 1 rings (SSSR count). The van der Waals surface area contributed by atoms with Crippen LogP contribution in [0.25, 0.3) is 0 Å². The molecule has 0 aliphatic heterocycles. The molecular weight excluding hydrogens is 308 g/mol. The molecule has 2 N–H and O–H groups in total. The number of hydrogen-bond donors (Lipinski definition) is 2. The highest BCUT2D eigenvalue weighted by atomic mass is 79.9. The van der Waals surface area contributed by atoms with Crippen molar-refractivity contribution >= 4 is 21.8 Å². The molecule has 1 aromatic carbocycles. The van der Waals surface area contributed by atoms with E-state index in [2.05, 4.69) is 40.4 Å². The number of amides is 1. The highest BCUT2D eigenvalue weighted by Gasteiger charge is 2.05. The zero-order chi connectivity index (χ0) is 14.3. The fourth-order valence-electron chi connectivity index (χ4n) is 1.58. The fraction of sp³-hybridized carbons (Fsp3) is 0.500. The van der Waals surface area contributed by atoms with Gasteiger partial charge in [0.15, 0.2) is 0 Å². The number of ether oxygens (including phenoxy) is 1. The van der Waals surface area contributed by atoms with Gasteiger partial charge in [0.1, 0.15) is 5.75 Å². The molecular formula is C14H21BrN2O2. The molecule has 4 nitrogen and oxygen atoms in total. The number of hydrogen-bond acceptors (Lipinski definition) is 3. The summed E-state index contributed by atoms with van der Waals surface area (Å²) in [5.74, 6) is 1.30. The molecule has 0 saturated carbocycles. The van der Waals surface area contributed by atoms with Crippen molar-refractivity contribution in [1.82, 2.24) is 10.6 Å². The first-order valence-corrected chi connectivity index (χ1v) is 7.12. The van der Waals surface area contributed by atoms with Crippen LogP contribution < -0.4 is 15.4 Å². The quantitative estimate of drug-likeness (QED) is 0.807. The molecule has 0 radical (unpaired) electrons.